The third-order valence-electron chi connectivity index (χ3n) is 2.85. The Balaban J connectivity index is 1.87. The highest BCUT2D eigenvalue weighted by Gasteiger charge is 2.12. The second-order valence-electron chi connectivity index (χ2n) is 4.65. The highest BCUT2D eigenvalue weighted by molar-refractivity contribution is 6.33. The fourth-order valence-corrected chi connectivity index (χ4v) is 1.98. The van der Waals surface area contributed by atoms with Crippen LogP contribution in [0.4, 0.5) is 18.9 Å². The van der Waals surface area contributed by atoms with Crippen LogP contribution in [0.1, 0.15) is 10.4 Å². The highest BCUT2D eigenvalue weighted by Crippen LogP contribution is 2.22. The number of amides is 1. The number of anilines is 1. The van der Waals surface area contributed by atoms with Gasteiger partial charge < -0.3 is 14.8 Å². The van der Waals surface area contributed by atoms with E-state index in [9.17, 15) is 22.8 Å². The lowest BCUT2D eigenvalue weighted by Gasteiger charge is -2.08. The zero-order chi connectivity index (χ0) is 18.4. The minimum Gasteiger partial charge on any atom is -0.452 e. The molecule has 5 nitrogen and oxygen atoms in total. The van der Waals surface area contributed by atoms with E-state index in [1.807, 2.05) is 0 Å². The summed E-state index contributed by atoms with van der Waals surface area (Å²) in [6.45, 7) is -3.58. The van der Waals surface area contributed by atoms with Crippen LogP contribution in [0.25, 0.3) is 0 Å². The summed E-state index contributed by atoms with van der Waals surface area (Å²) in [6, 6.07) is 8.16. The van der Waals surface area contributed by atoms with E-state index in [1.165, 1.54) is 30.3 Å². The monoisotopic (exact) mass is 373 g/mol. The molecule has 0 radical (unpaired) electrons. The summed E-state index contributed by atoms with van der Waals surface area (Å²) in [6.07, 6.45) is 0. The van der Waals surface area contributed by atoms with Gasteiger partial charge in [-0.2, -0.15) is 8.78 Å². The molecule has 2 aromatic carbocycles. The molecule has 25 heavy (non-hydrogen) atoms. The van der Waals surface area contributed by atoms with Crippen LogP contribution in [0.15, 0.2) is 42.5 Å². The van der Waals surface area contributed by atoms with Crippen molar-refractivity contribution in [1.29, 1.82) is 0 Å². The Kier molecular flexibility index (Phi) is 6.24. The van der Waals surface area contributed by atoms with Crippen molar-refractivity contribution in [3.63, 3.8) is 0 Å². The molecular formula is C16H11ClF3NO4. The molecule has 0 saturated heterocycles. The number of ether oxygens (including phenoxy) is 2. The Morgan fingerprint density at radius 3 is 2.40 bits per heavy atom. The molecule has 2 rings (SSSR count). The standard InChI is InChI=1S/C16H11ClF3NO4/c17-12-7-10(18)3-6-13(12)21-14(22)8-24-15(23)9-1-4-11(5-2-9)25-16(19)20/h1-7,16H,8H2,(H,21,22). The smallest absolute Gasteiger partial charge is 0.387 e. The van der Waals surface area contributed by atoms with Crippen LogP contribution in [-0.4, -0.2) is 25.1 Å². The number of nitrogens with one attached hydrogen (secondary N) is 1. The van der Waals surface area contributed by atoms with Crippen LogP contribution in [0.3, 0.4) is 0 Å². The number of alkyl halides is 2. The van der Waals surface area contributed by atoms with Gasteiger partial charge in [0.05, 0.1) is 16.3 Å². The van der Waals surface area contributed by atoms with E-state index >= 15 is 0 Å². The largest absolute Gasteiger partial charge is 0.452 e. The van der Waals surface area contributed by atoms with E-state index in [0.717, 1.165) is 12.1 Å². The Labute approximate surface area is 145 Å². The summed E-state index contributed by atoms with van der Waals surface area (Å²) < 4.78 is 45.9. The van der Waals surface area contributed by atoms with Crippen molar-refractivity contribution in [1.82, 2.24) is 0 Å². The maximum Gasteiger partial charge on any atom is 0.387 e. The van der Waals surface area contributed by atoms with Crippen molar-refractivity contribution < 1.29 is 32.2 Å². The van der Waals surface area contributed by atoms with E-state index < -0.39 is 30.9 Å². The lowest BCUT2D eigenvalue weighted by Crippen LogP contribution is -2.21. The van der Waals surface area contributed by atoms with Gasteiger partial charge in [-0.1, -0.05) is 11.6 Å². The molecule has 132 valence electrons. The SMILES string of the molecule is O=C(COC(=O)c1ccc(OC(F)F)cc1)Nc1ccc(F)cc1Cl. The summed E-state index contributed by atoms with van der Waals surface area (Å²) >= 11 is 5.76. The molecule has 2 aromatic rings. The number of esters is 1. The summed E-state index contributed by atoms with van der Waals surface area (Å²) in [4.78, 5) is 23.5. The first kappa shape index (κ1) is 18.6. The van der Waals surface area contributed by atoms with Crippen LogP contribution in [0.2, 0.25) is 5.02 Å². The first-order valence-corrected chi connectivity index (χ1v) is 7.20. The topological polar surface area (TPSA) is 64.6 Å². The lowest BCUT2D eigenvalue weighted by molar-refractivity contribution is -0.119. The summed E-state index contributed by atoms with van der Waals surface area (Å²) in [5.41, 5.74) is 0.215. The first-order chi connectivity index (χ1) is 11.8. The van der Waals surface area contributed by atoms with Gasteiger partial charge in [0, 0.05) is 0 Å². The second kappa shape index (κ2) is 8.39. The molecule has 1 N–H and O–H groups in total. The Bertz CT molecular complexity index is 768. The van der Waals surface area contributed by atoms with Gasteiger partial charge in [-0.05, 0) is 42.5 Å². The van der Waals surface area contributed by atoms with Crippen molar-refractivity contribution in [2.24, 2.45) is 0 Å². The molecule has 0 bridgehead atoms. The van der Waals surface area contributed by atoms with Crippen LogP contribution in [0.5, 0.6) is 5.75 Å². The number of rotatable bonds is 6. The number of hydrogen-bond donors (Lipinski definition) is 1. The second-order valence-corrected chi connectivity index (χ2v) is 5.06. The van der Waals surface area contributed by atoms with Gasteiger partial charge in [-0.25, -0.2) is 9.18 Å². The maximum absolute atomic E-state index is 12.9. The number of hydrogen-bond acceptors (Lipinski definition) is 4. The minimum absolute atomic E-state index is 0.00528. The molecule has 9 heteroatoms. The zero-order valence-electron chi connectivity index (χ0n) is 12.5. The molecule has 0 aliphatic rings. The average Bonchev–Trinajstić information content (AvgIpc) is 2.55. The Morgan fingerprint density at radius 1 is 1.12 bits per heavy atom. The van der Waals surface area contributed by atoms with E-state index in [2.05, 4.69) is 10.1 Å². The fraction of sp³-hybridized carbons (Fsp3) is 0.125. The molecule has 0 saturated carbocycles. The van der Waals surface area contributed by atoms with Crippen molar-refractivity contribution in [3.8, 4) is 5.75 Å². The van der Waals surface area contributed by atoms with Gasteiger partial charge >= 0.3 is 12.6 Å². The highest BCUT2D eigenvalue weighted by atomic mass is 35.5. The third kappa shape index (κ3) is 5.68. The van der Waals surface area contributed by atoms with Crippen molar-refractivity contribution in [3.05, 3.63) is 58.9 Å². The molecule has 1 amide bonds. The average molecular weight is 374 g/mol. The summed E-state index contributed by atoms with van der Waals surface area (Å²) in [5.74, 6) is -2.19. The quantitative estimate of drug-likeness (QED) is 0.780. The van der Waals surface area contributed by atoms with E-state index in [-0.39, 0.29) is 22.0 Å². The van der Waals surface area contributed by atoms with E-state index in [1.54, 1.807) is 0 Å². The van der Waals surface area contributed by atoms with E-state index in [4.69, 9.17) is 16.3 Å². The molecule has 0 spiro atoms. The van der Waals surface area contributed by atoms with Gasteiger partial charge in [0.15, 0.2) is 6.61 Å². The van der Waals surface area contributed by atoms with Gasteiger partial charge in [-0.3, -0.25) is 4.79 Å². The molecule has 0 heterocycles. The molecule has 0 aromatic heterocycles. The minimum atomic E-state index is -2.97. The van der Waals surface area contributed by atoms with Crippen molar-refractivity contribution in [2.75, 3.05) is 11.9 Å². The molecule has 0 unspecified atom stereocenters. The van der Waals surface area contributed by atoms with Gasteiger partial charge in [-0.15, -0.1) is 0 Å². The Morgan fingerprint density at radius 2 is 1.80 bits per heavy atom. The molecule has 0 aliphatic carbocycles. The number of carbonyl (C=O) groups excluding carboxylic acids is 2. The van der Waals surface area contributed by atoms with Crippen LogP contribution in [-0.2, 0) is 9.53 Å². The Hall–Kier alpha value is -2.74. The van der Waals surface area contributed by atoms with Crippen molar-refractivity contribution >= 4 is 29.2 Å². The number of benzene rings is 2. The molecular weight excluding hydrogens is 363 g/mol. The van der Waals surface area contributed by atoms with Gasteiger partial charge in [0.25, 0.3) is 5.91 Å². The number of halogens is 4. The predicted molar refractivity (Wildman–Crippen MR) is 83.4 cm³/mol. The summed E-state index contributed by atoms with van der Waals surface area (Å²) in [5, 5.41) is 2.35. The normalized spacial score (nSPS) is 10.4. The molecule has 0 aliphatic heterocycles. The molecule has 0 fully saturated rings. The van der Waals surface area contributed by atoms with Gasteiger partial charge in [0.2, 0.25) is 0 Å². The molecule has 0 atom stereocenters. The fourth-order valence-electron chi connectivity index (χ4n) is 1.76. The van der Waals surface area contributed by atoms with E-state index in [0.29, 0.717) is 0 Å². The predicted octanol–water partition coefficient (Wildman–Crippen LogP) is 3.88. The van der Waals surface area contributed by atoms with Crippen LogP contribution < -0.4 is 10.1 Å². The lowest BCUT2D eigenvalue weighted by atomic mass is 10.2. The number of carbonyl (C=O) groups is 2. The summed E-state index contributed by atoms with van der Waals surface area (Å²) in [7, 11) is 0. The zero-order valence-corrected chi connectivity index (χ0v) is 13.2. The maximum atomic E-state index is 12.9. The first-order valence-electron chi connectivity index (χ1n) is 6.82. The van der Waals surface area contributed by atoms with Crippen LogP contribution >= 0.6 is 11.6 Å². The van der Waals surface area contributed by atoms with Crippen molar-refractivity contribution in [2.45, 2.75) is 6.61 Å². The van der Waals surface area contributed by atoms with Gasteiger partial charge in [0.1, 0.15) is 11.6 Å². The third-order valence-corrected chi connectivity index (χ3v) is 3.17. The van der Waals surface area contributed by atoms with Crippen LogP contribution in [0, 0.1) is 5.82 Å².